The van der Waals surface area contributed by atoms with E-state index in [1.807, 2.05) is 0 Å². The highest BCUT2D eigenvalue weighted by molar-refractivity contribution is 6.98. The summed E-state index contributed by atoms with van der Waals surface area (Å²) in [4.78, 5) is 12.1. The van der Waals surface area contributed by atoms with Crippen LogP contribution >= 0.6 is 0 Å². The summed E-state index contributed by atoms with van der Waals surface area (Å²) in [5, 5.41) is 2.88. The summed E-state index contributed by atoms with van der Waals surface area (Å²) in [6.07, 6.45) is 6.98. The molecule has 218 valence electrons. The van der Waals surface area contributed by atoms with Crippen LogP contribution in [0.25, 0.3) is 5.57 Å². The number of hydrogen-bond donors (Lipinski definition) is 0. The molecular weight excluding hydrogens is 536 g/mol. The van der Waals surface area contributed by atoms with Crippen molar-refractivity contribution in [3.8, 4) is 0 Å². The number of ether oxygens (including phenoxy) is 2. The van der Waals surface area contributed by atoms with E-state index in [1.165, 1.54) is 38.5 Å². The molecule has 0 radical (unpaired) electrons. The maximum atomic E-state index is 6.27. The van der Waals surface area contributed by atoms with Gasteiger partial charge in [-0.3, -0.25) is 0 Å². The summed E-state index contributed by atoms with van der Waals surface area (Å²) in [6.45, 7) is 14.6. The molecule has 0 bridgehead atoms. The molecule has 4 aliphatic rings. The van der Waals surface area contributed by atoms with Crippen molar-refractivity contribution >= 4 is 42.0 Å². The van der Waals surface area contributed by atoms with Crippen molar-refractivity contribution in [2.45, 2.75) is 51.9 Å². The Hall–Kier alpha value is -3.71. The molecule has 0 spiro atoms. The number of hydrogen-bond acceptors (Lipinski definition) is 5. The predicted molar refractivity (Wildman–Crippen MR) is 178 cm³/mol. The lowest BCUT2D eigenvalue weighted by Gasteiger charge is -2.38. The minimum Gasteiger partial charge on any atom is -0.475 e. The van der Waals surface area contributed by atoms with Crippen LogP contribution in [0, 0.1) is 0 Å². The van der Waals surface area contributed by atoms with Crippen molar-refractivity contribution in [3.63, 3.8) is 0 Å². The first-order chi connectivity index (χ1) is 19.7. The molecule has 0 unspecified atom stereocenters. The van der Waals surface area contributed by atoms with Crippen LogP contribution in [0.2, 0.25) is 13.1 Å². The first kappa shape index (κ1) is 28.4. The van der Waals surface area contributed by atoms with Gasteiger partial charge in [0.15, 0.2) is 5.71 Å². The maximum absolute atomic E-state index is 6.27. The smallest absolute Gasteiger partial charge is 0.217 e. The number of benzene rings is 2. The molecule has 0 saturated carbocycles. The molecule has 0 saturated heterocycles. The molecule has 1 aliphatic carbocycles. The number of nitrogens with zero attached hydrogens (tertiary/aromatic N) is 4. The van der Waals surface area contributed by atoms with E-state index in [0.717, 1.165) is 16.7 Å². The Balaban J connectivity index is 1.69. The zero-order valence-electron chi connectivity index (χ0n) is 26.7. The topological polar surface area (TPSA) is 49.4 Å². The summed E-state index contributed by atoms with van der Waals surface area (Å²) in [7, 11) is 6.39. The number of fused-ring (bicyclic) bond motifs is 2. The summed E-state index contributed by atoms with van der Waals surface area (Å²) in [5.74, 6) is 1.39. The molecule has 3 heterocycles. The van der Waals surface area contributed by atoms with Crippen LogP contribution in [0.4, 0.5) is 5.69 Å². The van der Waals surface area contributed by atoms with Gasteiger partial charge in [-0.1, -0.05) is 19.2 Å². The minimum absolute atomic E-state index is 0.241. The van der Waals surface area contributed by atoms with Gasteiger partial charge in [-0.2, -0.15) is 0 Å². The molecule has 2 aromatic rings. The molecule has 0 aromatic heterocycles. The molecule has 6 rings (SSSR count). The normalized spacial score (nSPS) is 21.1. The largest absolute Gasteiger partial charge is 0.475 e. The average Bonchev–Trinajstić information content (AvgIpc) is 3.48. The molecular formula is C35H43N4O2Si+. The zero-order valence-corrected chi connectivity index (χ0v) is 27.7. The highest BCUT2D eigenvalue weighted by atomic mass is 28.3. The summed E-state index contributed by atoms with van der Waals surface area (Å²) in [5.41, 5.74) is 8.80. The van der Waals surface area contributed by atoms with Gasteiger partial charge in [-0.05, 0) is 96.8 Å². The molecule has 6 nitrogen and oxygen atoms in total. The van der Waals surface area contributed by atoms with E-state index in [2.05, 4.69) is 133 Å². The molecule has 2 aromatic carbocycles. The van der Waals surface area contributed by atoms with Crippen LogP contribution in [-0.2, 0) is 9.47 Å². The Bertz CT molecular complexity index is 1700. The van der Waals surface area contributed by atoms with Gasteiger partial charge < -0.3 is 14.4 Å². The fourth-order valence-electron chi connectivity index (χ4n) is 6.20. The third kappa shape index (κ3) is 4.77. The fourth-order valence-corrected chi connectivity index (χ4v) is 9.27. The van der Waals surface area contributed by atoms with E-state index in [1.54, 1.807) is 0 Å². The molecule has 0 atom stereocenters. The van der Waals surface area contributed by atoms with Crippen molar-refractivity contribution < 1.29 is 14.0 Å². The second-order valence-corrected chi connectivity index (χ2v) is 18.4. The van der Waals surface area contributed by atoms with E-state index < -0.39 is 8.07 Å². The first-order valence-corrected chi connectivity index (χ1v) is 17.8. The minimum atomic E-state index is -2.08. The predicted octanol–water partition coefficient (Wildman–Crippen LogP) is 5.34. The Kier molecular flexibility index (Phi) is 6.53. The van der Waals surface area contributed by atoms with Crippen LogP contribution in [0.15, 0.2) is 75.4 Å². The van der Waals surface area contributed by atoms with Crippen LogP contribution in [0.3, 0.4) is 0 Å². The van der Waals surface area contributed by atoms with Crippen LogP contribution in [0.5, 0.6) is 0 Å². The number of anilines is 1. The van der Waals surface area contributed by atoms with E-state index in [-0.39, 0.29) is 11.1 Å². The van der Waals surface area contributed by atoms with Crippen molar-refractivity contribution in [2.24, 2.45) is 9.98 Å². The average molecular weight is 580 g/mol. The van der Waals surface area contributed by atoms with Gasteiger partial charge in [0.1, 0.15) is 35.4 Å². The Labute approximate surface area is 251 Å². The van der Waals surface area contributed by atoms with E-state index in [9.17, 15) is 0 Å². The monoisotopic (exact) mass is 579 g/mol. The van der Waals surface area contributed by atoms with Gasteiger partial charge in [-0.25, -0.2) is 14.6 Å². The highest BCUT2D eigenvalue weighted by Gasteiger charge is 2.42. The lowest BCUT2D eigenvalue weighted by Crippen LogP contribution is -2.49. The van der Waals surface area contributed by atoms with Crippen molar-refractivity contribution in [2.75, 3.05) is 46.3 Å². The molecule has 7 heteroatoms. The number of allylic oxidation sites excluding steroid dienone is 5. The standard InChI is InChI=1S/C35H43N4O2Si/c1-34(2)20-40-32(36-34)22-11-14-25(33-37-35(3,4)21-41-33)28(17-22)31-26-15-12-23(38(5)6)18-29(26)42(9,10)30-19-24(39(7)8)13-16-27(30)31/h11-19H,20-21H2,1-10H3/q+1. The summed E-state index contributed by atoms with van der Waals surface area (Å²) >= 11 is 0. The third-order valence-electron chi connectivity index (χ3n) is 8.62. The van der Waals surface area contributed by atoms with Gasteiger partial charge in [0.2, 0.25) is 11.8 Å². The molecule has 0 amide bonds. The van der Waals surface area contributed by atoms with Crippen molar-refractivity contribution in [1.29, 1.82) is 0 Å². The molecule has 42 heavy (non-hydrogen) atoms. The molecule has 0 fully saturated rings. The summed E-state index contributed by atoms with van der Waals surface area (Å²) in [6, 6.07) is 13.5. The van der Waals surface area contributed by atoms with E-state index >= 15 is 0 Å². The quantitative estimate of drug-likeness (QED) is 0.363. The van der Waals surface area contributed by atoms with Gasteiger partial charge >= 0.3 is 0 Å². The van der Waals surface area contributed by atoms with Crippen molar-refractivity contribution in [3.05, 3.63) is 87.6 Å². The van der Waals surface area contributed by atoms with Crippen molar-refractivity contribution in [1.82, 2.24) is 0 Å². The van der Waals surface area contributed by atoms with Gasteiger partial charge in [-0.15, -0.1) is 0 Å². The van der Waals surface area contributed by atoms with Gasteiger partial charge in [0, 0.05) is 43.1 Å². The number of aliphatic imine (C=N–C) groups is 2. The Morgan fingerprint density at radius 1 is 0.810 bits per heavy atom. The molecule has 3 aliphatic heterocycles. The summed E-state index contributed by atoms with van der Waals surface area (Å²) < 4.78 is 14.6. The SMILES string of the molecule is CN(C)c1ccc2c(c1)[Si](C)(C)C1=CC(=[N+](C)C)C=CC1=C2c1cc(C2=NC(C)(C)CO2)ccc1C1=NC(C)(C)CO1. The van der Waals surface area contributed by atoms with Crippen LogP contribution in [-0.4, -0.2) is 82.6 Å². The Morgan fingerprint density at radius 2 is 1.45 bits per heavy atom. The lowest BCUT2D eigenvalue weighted by molar-refractivity contribution is -0.462. The molecule has 0 N–H and O–H groups in total. The van der Waals surface area contributed by atoms with Crippen LogP contribution < -0.4 is 10.1 Å². The lowest BCUT2D eigenvalue weighted by atomic mass is 9.86. The van der Waals surface area contributed by atoms with Gasteiger partial charge in [0.05, 0.1) is 11.1 Å². The second-order valence-electron chi connectivity index (χ2n) is 14.0. The maximum Gasteiger partial charge on any atom is 0.217 e. The van der Waals surface area contributed by atoms with E-state index in [4.69, 9.17) is 19.5 Å². The van der Waals surface area contributed by atoms with E-state index in [0.29, 0.717) is 25.0 Å². The highest BCUT2D eigenvalue weighted by Crippen LogP contribution is 2.43. The van der Waals surface area contributed by atoms with Crippen LogP contribution in [0.1, 0.15) is 49.9 Å². The fraction of sp³-hybridized carbons (Fsp3) is 0.400. The second kappa shape index (κ2) is 9.66. The Morgan fingerprint density at radius 3 is 2.05 bits per heavy atom. The third-order valence-corrected chi connectivity index (χ3v) is 12.1. The first-order valence-electron chi connectivity index (χ1n) is 14.8. The number of rotatable bonds is 4. The van der Waals surface area contributed by atoms with Gasteiger partial charge in [0.25, 0.3) is 0 Å². The zero-order chi connectivity index (χ0) is 30.2.